The lowest BCUT2D eigenvalue weighted by atomic mass is 10.1. The Hall–Kier alpha value is -2.15. The van der Waals surface area contributed by atoms with Crippen LogP contribution in [0.5, 0.6) is 0 Å². The maximum absolute atomic E-state index is 12.0. The highest BCUT2D eigenvalue weighted by Crippen LogP contribution is 2.14. The van der Waals surface area contributed by atoms with E-state index in [4.69, 9.17) is 0 Å². The highest BCUT2D eigenvalue weighted by Gasteiger charge is 2.10. The summed E-state index contributed by atoms with van der Waals surface area (Å²) in [5, 5.41) is 2.63. The molecule has 0 saturated carbocycles. The van der Waals surface area contributed by atoms with Gasteiger partial charge in [0.15, 0.2) is 10.9 Å². The van der Waals surface area contributed by atoms with Gasteiger partial charge in [-0.05, 0) is 6.92 Å². The summed E-state index contributed by atoms with van der Waals surface area (Å²) < 4.78 is 1.33. The summed E-state index contributed by atoms with van der Waals surface area (Å²) in [6.45, 7) is 1.95. The van der Waals surface area contributed by atoms with Crippen molar-refractivity contribution in [1.29, 1.82) is 0 Å². The molecule has 0 bridgehead atoms. The van der Waals surface area contributed by atoms with Gasteiger partial charge in [0.05, 0.1) is 5.75 Å². The SMILES string of the molecule is Cc1ccc(C(=O)CSc2nc(=O)c(=O)[nH]n2C)cc1. The van der Waals surface area contributed by atoms with Crippen LogP contribution in [0.2, 0.25) is 0 Å². The summed E-state index contributed by atoms with van der Waals surface area (Å²) in [5.41, 5.74) is 0.0616. The first-order chi connectivity index (χ1) is 9.47. The van der Waals surface area contributed by atoms with Crippen LogP contribution >= 0.6 is 11.8 Å². The first kappa shape index (κ1) is 14.3. The first-order valence-electron chi connectivity index (χ1n) is 5.87. The lowest BCUT2D eigenvalue weighted by Crippen LogP contribution is -2.34. The first-order valence-corrected chi connectivity index (χ1v) is 6.86. The predicted molar refractivity (Wildman–Crippen MR) is 76.3 cm³/mol. The maximum Gasteiger partial charge on any atom is 0.339 e. The van der Waals surface area contributed by atoms with Crippen molar-refractivity contribution in [3.05, 3.63) is 56.1 Å². The van der Waals surface area contributed by atoms with Gasteiger partial charge in [-0.25, -0.2) is 0 Å². The number of thioether (sulfide) groups is 1. The number of carbonyl (C=O) groups excluding carboxylic acids is 1. The van der Waals surface area contributed by atoms with Crippen molar-refractivity contribution in [3.63, 3.8) is 0 Å². The second-order valence-corrected chi connectivity index (χ2v) is 5.22. The van der Waals surface area contributed by atoms with Crippen LogP contribution in [0.3, 0.4) is 0 Å². The molecule has 0 spiro atoms. The van der Waals surface area contributed by atoms with E-state index in [1.54, 1.807) is 19.2 Å². The summed E-state index contributed by atoms with van der Waals surface area (Å²) in [5.74, 6) is 0.0884. The molecule has 20 heavy (non-hydrogen) atoms. The van der Waals surface area contributed by atoms with Gasteiger partial charge in [-0.3, -0.25) is 24.2 Å². The van der Waals surface area contributed by atoms with Gasteiger partial charge >= 0.3 is 11.1 Å². The van der Waals surface area contributed by atoms with Gasteiger partial charge in [-0.15, -0.1) is 0 Å². The Morgan fingerprint density at radius 2 is 1.95 bits per heavy atom. The van der Waals surface area contributed by atoms with E-state index in [0.29, 0.717) is 10.7 Å². The largest absolute Gasteiger partial charge is 0.339 e. The molecule has 7 heteroatoms. The number of hydrogen-bond donors (Lipinski definition) is 1. The molecule has 0 aliphatic heterocycles. The average Bonchev–Trinajstić information content (AvgIpc) is 2.42. The van der Waals surface area contributed by atoms with E-state index in [1.807, 2.05) is 19.1 Å². The molecule has 2 rings (SSSR count). The second kappa shape index (κ2) is 5.87. The van der Waals surface area contributed by atoms with Crippen LogP contribution < -0.4 is 11.1 Å². The summed E-state index contributed by atoms with van der Waals surface area (Å²) >= 11 is 1.11. The number of aromatic amines is 1. The summed E-state index contributed by atoms with van der Waals surface area (Å²) in [6, 6.07) is 7.26. The van der Waals surface area contributed by atoms with E-state index in [9.17, 15) is 14.4 Å². The Labute approximate surface area is 118 Å². The van der Waals surface area contributed by atoms with Crippen LogP contribution in [0, 0.1) is 6.92 Å². The second-order valence-electron chi connectivity index (χ2n) is 4.28. The zero-order valence-electron chi connectivity index (χ0n) is 11.0. The number of aryl methyl sites for hydroxylation is 2. The Morgan fingerprint density at radius 3 is 2.60 bits per heavy atom. The average molecular weight is 291 g/mol. The molecule has 1 aromatic carbocycles. The number of aromatic nitrogens is 3. The van der Waals surface area contributed by atoms with Crippen molar-refractivity contribution in [1.82, 2.24) is 14.8 Å². The molecule has 0 aliphatic carbocycles. The van der Waals surface area contributed by atoms with Gasteiger partial charge in [-0.1, -0.05) is 41.6 Å². The number of hydrogen-bond acceptors (Lipinski definition) is 5. The number of H-pyrrole nitrogens is 1. The van der Waals surface area contributed by atoms with Crippen molar-refractivity contribution in [2.45, 2.75) is 12.1 Å². The Bertz CT molecular complexity index is 747. The molecular formula is C13H13N3O3S. The van der Waals surface area contributed by atoms with Crippen LogP contribution in [0.15, 0.2) is 39.0 Å². The molecule has 0 fully saturated rings. The van der Waals surface area contributed by atoms with Gasteiger partial charge in [0.1, 0.15) is 0 Å². The lowest BCUT2D eigenvalue weighted by molar-refractivity contribution is 0.102. The molecule has 0 saturated heterocycles. The van der Waals surface area contributed by atoms with Crippen LogP contribution in [0.4, 0.5) is 0 Å². The number of nitrogens with zero attached hydrogens (tertiary/aromatic N) is 2. The number of Topliss-reactive ketones (excluding diaryl/α,β-unsaturated/α-hetero) is 1. The van der Waals surface area contributed by atoms with Crippen molar-refractivity contribution in [2.24, 2.45) is 7.05 Å². The molecule has 0 amide bonds. The zero-order valence-corrected chi connectivity index (χ0v) is 11.9. The highest BCUT2D eigenvalue weighted by molar-refractivity contribution is 7.99. The fraction of sp³-hybridized carbons (Fsp3) is 0.231. The van der Waals surface area contributed by atoms with Crippen molar-refractivity contribution in [3.8, 4) is 0 Å². The van der Waals surface area contributed by atoms with E-state index in [-0.39, 0.29) is 11.5 Å². The maximum atomic E-state index is 12.0. The number of ketones is 1. The predicted octanol–water partition coefficient (Wildman–Crippen LogP) is 0.752. The number of rotatable bonds is 4. The minimum Gasteiger partial charge on any atom is -0.293 e. The number of carbonyl (C=O) groups is 1. The monoisotopic (exact) mass is 291 g/mol. The van der Waals surface area contributed by atoms with Crippen molar-refractivity contribution < 1.29 is 4.79 Å². The molecule has 1 heterocycles. The van der Waals surface area contributed by atoms with Crippen molar-refractivity contribution >= 4 is 17.5 Å². The van der Waals surface area contributed by atoms with Gasteiger partial charge in [0.2, 0.25) is 0 Å². The van der Waals surface area contributed by atoms with Crippen LogP contribution in [0.25, 0.3) is 0 Å². The van der Waals surface area contributed by atoms with Crippen LogP contribution in [-0.4, -0.2) is 26.3 Å². The number of benzene rings is 1. The summed E-state index contributed by atoms with van der Waals surface area (Å²) in [6.07, 6.45) is 0. The Morgan fingerprint density at radius 1 is 1.30 bits per heavy atom. The van der Waals surface area contributed by atoms with E-state index < -0.39 is 11.1 Å². The highest BCUT2D eigenvalue weighted by atomic mass is 32.2. The molecule has 1 N–H and O–H groups in total. The molecule has 2 aromatic rings. The van der Waals surface area contributed by atoms with Gasteiger partial charge < -0.3 is 0 Å². The summed E-state index contributed by atoms with van der Waals surface area (Å²) in [7, 11) is 1.56. The van der Waals surface area contributed by atoms with E-state index >= 15 is 0 Å². The molecule has 0 unspecified atom stereocenters. The topological polar surface area (TPSA) is 84.8 Å². The molecule has 104 valence electrons. The van der Waals surface area contributed by atoms with Gasteiger partial charge in [0.25, 0.3) is 0 Å². The third kappa shape index (κ3) is 3.24. The fourth-order valence-corrected chi connectivity index (χ4v) is 2.36. The minimum atomic E-state index is -0.853. The van der Waals surface area contributed by atoms with Crippen molar-refractivity contribution in [2.75, 3.05) is 5.75 Å². The molecule has 0 atom stereocenters. The van der Waals surface area contributed by atoms with E-state index in [0.717, 1.165) is 17.3 Å². The molecule has 6 nitrogen and oxygen atoms in total. The quantitative estimate of drug-likeness (QED) is 0.510. The van der Waals surface area contributed by atoms with Gasteiger partial charge in [-0.2, -0.15) is 4.98 Å². The van der Waals surface area contributed by atoms with Crippen LogP contribution in [0.1, 0.15) is 15.9 Å². The molecule has 0 aliphatic rings. The van der Waals surface area contributed by atoms with Gasteiger partial charge in [0, 0.05) is 12.6 Å². The zero-order chi connectivity index (χ0) is 14.7. The molecule has 0 radical (unpaired) electrons. The minimum absolute atomic E-state index is 0.0598. The standard InChI is InChI=1S/C13H13N3O3S/c1-8-3-5-9(6-4-8)10(17)7-20-13-14-11(18)12(19)15-16(13)2/h3-6H,7H2,1-2H3,(H,15,19). The fourth-order valence-electron chi connectivity index (χ4n) is 1.54. The normalized spacial score (nSPS) is 10.5. The molecule has 1 aromatic heterocycles. The Kier molecular flexibility index (Phi) is 4.19. The third-order valence-corrected chi connectivity index (χ3v) is 3.68. The number of nitrogens with one attached hydrogen (secondary N) is 1. The Balaban J connectivity index is 2.11. The van der Waals surface area contributed by atoms with E-state index in [1.165, 1.54) is 4.68 Å². The van der Waals surface area contributed by atoms with Crippen LogP contribution in [-0.2, 0) is 7.05 Å². The van der Waals surface area contributed by atoms with E-state index in [2.05, 4.69) is 10.1 Å². The third-order valence-electron chi connectivity index (χ3n) is 2.65. The lowest BCUT2D eigenvalue weighted by Gasteiger charge is -2.05. The smallest absolute Gasteiger partial charge is 0.293 e. The molecular weight excluding hydrogens is 278 g/mol. The summed E-state index contributed by atoms with van der Waals surface area (Å²) in [4.78, 5) is 37.8.